The Labute approximate surface area is 119 Å². The minimum absolute atomic E-state index is 0.274. The van der Waals surface area contributed by atoms with Gasteiger partial charge < -0.3 is 9.73 Å². The van der Waals surface area contributed by atoms with Crippen molar-refractivity contribution in [3.63, 3.8) is 0 Å². The molecule has 0 saturated heterocycles. The summed E-state index contributed by atoms with van der Waals surface area (Å²) >= 11 is 0. The molecule has 0 aliphatic rings. The lowest BCUT2D eigenvalue weighted by Gasteiger charge is -2.08. The van der Waals surface area contributed by atoms with E-state index in [1.54, 1.807) is 12.1 Å². The van der Waals surface area contributed by atoms with Crippen LogP contribution in [0.5, 0.6) is 0 Å². The third-order valence-corrected chi connectivity index (χ3v) is 2.91. The number of furan rings is 1. The second-order valence-electron chi connectivity index (χ2n) is 4.99. The fourth-order valence-electron chi connectivity index (χ4n) is 1.83. The largest absolute Gasteiger partial charge is 0.460 e. The molecule has 0 aliphatic carbocycles. The standard InChI is InChI=1S/C15H15F4NO/c1-9(2)20-8-11-4-6-14(21-11)10-3-5-12(13(16)7-10)15(17,18)19/h3-7,9,20H,8H2,1-2H3. The molecule has 0 amide bonds. The Hall–Kier alpha value is -1.82. The predicted molar refractivity (Wildman–Crippen MR) is 71.1 cm³/mol. The summed E-state index contributed by atoms with van der Waals surface area (Å²) in [4.78, 5) is 0. The second-order valence-corrected chi connectivity index (χ2v) is 4.99. The minimum atomic E-state index is -4.70. The van der Waals surface area contributed by atoms with Gasteiger partial charge in [-0.25, -0.2) is 4.39 Å². The number of benzene rings is 1. The van der Waals surface area contributed by atoms with Crippen molar-refractivity contribution < 1.29 is 22.0 Å². The van der Waals surface area contributed by atoms with Crippen LogP contribution in [-0.4, -0.2) is 6.04 Å². The highest BCUT2D eigenvalue weighted by atomic mass is 19.4. The smallest absolute Gasteiger partial charge is 0.419 e. The van der Waals surface area contributed by atoms with Crippen LogP contribution >= 0.6 is 0 Å². The number of alkyl halides is 3. The Morgan fingerprint density at radius 3 is 2.43 bits per heavy atom. The van der Waals surface area contributed by atoms with E-state index in [4.69, 9.17) is 4.42 Å². The summed E-state index contributed by atoms with van der Waals surface area (Å²) in [5.41, 5.74) is -1.00. The Morgan fingerprint density at radius 1 is 1.14 bits per heavy atom. The van der Waals surface area contributed by atoms with E-state index >= 15 is 0 Å². The van der Waals surface area contributed by atoms with Crippen LogP contribution in [0, 0.1) is 5.82 Å². The van der Waals surface area contributed by atoms with Crippen LogP contribution in [0.15, 0.2) is 34.7 Å². The summed E-state index contributed by atoms with van der Waals surface area (Å²) in [5, 5.41) is 3.15. The second kappa shape index (κ2) is 5.89. The number of nitrogens with one attached hydrogen (secondary N) is 1. The third-order valence-electron chi connectivity index (χ3n) is 2.91. The van der Waals surface area contributed by atoms with E-state index in [9.17, 15) is 17.6 Å². The first-order valence-corrected chi connectivity index (χ1v) is 6.46. The van der Waals surface area contributed by atoms with Crippen LogP contribution in [0.1, 0.15) is 25.2 Å². The van der Waals surface area contributed by atoms with Crippen molar-refractivity contribution in [2.45, 2.75) is 32.6 Å². The lowest BCUT2D eigenvalue weighted by atomic mass is 10.1. The normalized spacial score (nSPS) is 12.1. The van der Waals surface area contributed by atoms with Crippen molar-refractivity contribution in [1.29, 1.82) is 0 Å². The van der Waals surface area contributed by atoms with E-state index in [0.29, 0.717) is 18.1 Å². The summed E-state index contributed by atoms with van der Waals surface area (Å²) in [7, 11) is 0. The Balaban J connectivity index is 2.21. The summed E-state index contributed by atoms with van der Waals surface area (Å²) in [6, 6.07) is 6.35. The van der Waals surface area contributed by atoms with Gasteiger partial charge in [0.1, 0.15) is 17.3 Å². The lowest BCUT2D eigenvalue weighted by Crippen LogP contribution is -2.21. The number of rotatable bonds is 4. The van der Waals surface area contributed by atoms with Crippen LogP contribution < -0.4 is 5.32 Å². The molecular weight excluding hydrogens is 286 g/mol. The highest BCUT2D eigenvalue weighted by Gasteiger charge is 2.34. The number of halogens is 4. The fourth-order valence-corrected chi connectivity index (χ4v) is 1.83. The van der Waals surface area contributed by atoms with Crippen molar-refractivity contribution in [2.75, 3.05) is 0 Å². The molecule has 21 heavy (non-hydrogen) atoms. The molecule has 2 rings (SSSR count). The molecule has 6 heteroatoms. The molecular formula is C15H15F4NO. The van der Waals surface area contributed by atoms with Gasteiger partial charge in [-0.1, -0.05) is 19.9 Å². The first-order chi connectivity index (χ1) is 9.77. The van der Waals surface area contributed by atoms with E-state index in [1.807, 2.05) is 13.8 Å². The Bertz CT molecular complexity index is 616. The van der Waals surface area contributed by atoms with Gasteiger partial charge in [-0.05, 0) is 24.3 Å². The topological polar surface area (TPSA) is 25.2 Å². The van der Waals surface area contributed by atoms with E-state index in [2.05, 4.69) is 5.32 Å². The molecule has 2 aromatic rings. The summed E-state index contributed by atoms with van der Waals surface area (Å²) in [5.74, 6) is -0.333. The summed E-state index contributed by atoms with van der Waals surface area (Å²) < 4.78 is 56.5. The SMILES string of the molecule is CC(C)NCc1ccc(-c2ccc(C(F)(F)F)c(F)c2)o1. The molecule has 1 N–H and O–H groups in total. The number of hydrogen-bond acceptors (Lipinski definition) is 2. The zero-order chi connectivity index (χ0) is 15.6. The lowest BCUT2D eigenvalue weighted by molar-refractivity contribution is -0.139. The summed E-state index contributed by atoms with van der Waals surface area (Å²) in [6.07, 6.45) is -4.70. The van der Waals surface area contributed by atoms with Gasteiger partial charge in [0.05, 0.1) is 12.1 Å². The van der Waals surface area contributed by atoms with Gasteiger partial charge in [-0.3, -0.25) is 0 Å². The quantitative estimate of drug-likeness (QED) is 0.835. The average Bonchev–Trinajstić information content (AvgIpc) is 2.83. The van der Waals surface area contributed by atoms with Gasteiger partial charge in [-0.15, -0.1) is 0 Å². The van der Waals surface area contributed by atoms with Gasteiger partial charge >= 0.3 is 6.18 Å². The maximum absolute atomic E-state index is 13.5. The maximum Gasteiger partial charge on any atom is 0.419 e. The Kier molecular flexibility index (Phi) is 4.37. The maximum atomic E-state index is 13.5. The average molecular weight is 301 g/mol. The van der Waals surface area contributed by atoms with E-state index in [1.165, 1.54) is 6.07 Å². The molecule has 0 atom stereocenters. The molecule has 0 bridgehead atoms. The molecule has 1 aromatic heterocycles. The number of hydrogen-bond donors (Lipinski definition) is 1. The molecule has 0 saturated carbocycles. The van der Waals surface area contributed by atoms with Crippen LogP contribution in [0.3, 0.4) is 0 Å². The van der Waals surface area contributed by atoms with Crippen molar-refractivity contribution in [3.8, 4) is 11.3 Å². The van der Waals surface area contributed by atoms with Crippen LogP contribution in [0.2, 0.25) is 0 Å². The molecule has 1 aromatic carbocycles. The van der Waals surface area contributed by atoms with Gasteiger partial charge in [-0.2, -0.15) is 13.2 Å². The summed E-state index contributed by atoms with van der Waals surface area (Å²) in [6.45, 7) is 4.46. The molecule has 0 spiro atoms. The van der Waals surface area contributed by atoms with Crippen molar-refractivity contribution in [1.82, 2.24) is 5.32 Å². The van der Waals surface area contributed by atoms with Crippen molar-refractivity contribution in [2.24, 2.45) is 0 Å². The molecule has 0 unspecified atom stereocenters. The van der Waals surface area contributed by atoms with E-state index in [-0.39, 0.29) is 11.6 Å². The van der Waals surface area contributed by atoms with Crippen LogP contribution in [0.25, 0.3) is 11.3 Å². The highest BCUT2D eigenvalue weighted by molar-refractivity contribution is 5.58. The molecule has 0 aliphatic heterocycles. The monoisotopic (exact) mass is 301 g/mol. The first-order valence-electron chi connectivity index (χ1n) is 6.46. The fraction of sp³-hybridized carbons (Fsp3) is 0.333. The molecule has 1 heterocycles. The van der Waals surface area contributed by atoms with E-state index in [0.717, 1.165) is 12.1 Å². The van der Waals surface area contributed by atoms with Crippen LogP contribution in [-0.2, 0) is 12.7 Å². The third kappa shape index (κ3) is 3.85. The minimum Gasteiger partial charge on any atom is -0.460 e. The zero-order valence-corrected chi connectivity index (χ0v) is 11.6. The van der Waals surface area contributed by atoms with Gasteiger partial charge in [0.2, 0.25) is 0 Å². The molecule has 2 nitrogen and oxygen atoms in total. The molecule has 0 fully saturated rings. The van der Waals surface area contributed by atoms with Crippen LogP contribution in [0.4, 0.5) is 17.6 Å². The van der Waals surface area contributed by atoms with Crippen molar-refractivity contribution in [3.05, 3.63) is 47.5 Å². The Morgan fingerprint density at radius 2 is 1.86 bits per heavy atom. The van der Waals surface area contributed by atoms with Gasteiger partial charge in [0.15, 0.2) is 0 Å². The highest BCUT2D eigenvalue weighted by Crippen LogP contribution is 2.33. The molecule has 0 radical (unpaired) electrons. The first kappa shape index (κ1) is 15.6. The van der Waals surface area contributed by atoms with Gasteiger partial charge in [0, 0.05) is 11.6 Å². The van der Waals surface area contributed by atoms with Gasteiger partial charge in [0.25, 0.3) is 0 Å². The van der Waals surface area contributed by atoms with Crippen molar-refractivity contribution >= 4 is 0 Å². The predicted octanol–water partition coefficient (Wildman–Crippen LogP) is 4.60. The van der Waals surface area contributed by atoms with E-state index < -0.39 is 17.6 Å². The molecule has 114 valence electrons. The zero-order valence-electron chi connectivity index (χ0n) is 11.6.